The number of aromatic nitrogens is 3. The molecule has 0 unspecified atom stereocenters. The summed E-state index contributed by atoms with van der Waals surface area (Å²) in [5, 5.41) is 4.47. The molecule has 0 bridgehead atoms. The summed E-state index contributed by atoms with van der Waals surface area (Å²) in [5.41, 5.74) is 1.35. The number of likely N-dealkylation sites (tertiary alicyclic amines) is 1. The molecular formula is C14H17BrN4O2. The maximum atomic E-state index is 11.9. The predicted octanol–water partition coefficient (Wildman–Crippen LogP) is 2.99. The number of ether oxygens (including phenoxy) is 1. The van der Waals surface area contributed by atoms with Gasteiger partial charge >= 0.3 is 6.09 Å². The molecular weight excluding hydrogens is 336 g/mol. The van der Waals surface area contributed by atoms with Crippen molar-refractivity contribution >= 4 is 33.1 Å². The van der Waals surface area contributed by atoms with Crippen LogP contribution in [0, 0.1) is 0 Å². The zero-order valence-corrected chi connectivity index (χ0v) is 13.8. The Morgan fingerprint density at radius 1 is 1.43 bits per heavy atom. The molecule has 1 aliphatic heterocycles. The first kappa shape index (κ1) is 14.3. The van der Waals surface area contributed by atoms with Crippen molar-refractivity contribution in [3.8, 4) is 0 Å². The minimum atomic E-state index is -0.465. The summed E-state index contributed by atoms with van der Waals surface area (Å²) in [6.45, 7) is 6.81. The lowest BCUT2D eigenvalue weighted by molar-refractivity contribution is 0.000125. The molecule has 2 aromatic heterocycles. The van der Waals surface area contributed by atoms with Crippen molar-refractivity contribution in [3.63, 3.8) is 0 Å². The molecule has 2 aromatic rings. The van der Waals surface area contributed by atoms with Gasteiger partial charge in [0, 0.05) is 19.3 Å². The first-order valence-corrected chi connectivity index (χ1v) is 7.61. The summed E-state index contributed by atoms with van der Waals surface area (Å²) < 4.78 is 8.01. The molecule has 1 saturated heterocycles. The van der Waals surface area contributed by atoms with Gasteiger partial charge in [-0.25, -0.2) is 4.79 Å². The number of fused-ring (bicyclic) bond motifs is 1. The highest BCUT2D eigenvalue weighted by Crippen LogP contribution is 2.29. The van der Waals surface area contributed by atoms with E-state index in [-0.39, 0.29) is 12.1 Å². The lowest BCUT2D eigenvalue weighted by atomic mass is 10.1. The van der Waals surface area contributed by atoms with Crippen molar-refractivity contribution in [3.05, 3.63) is 22.9 Å². The third-order valence-electron chi connectivity index (χ3n) is 3.28. The van der Waals surface area contributed by atoms with E-state index in [2.05, 4.69) is 26.0 Å². The lowest BCUT2D eigenvalue weighted by Gasteiger charge is -2.39. The highest BCUT2D eigenvalue weighted by atomic mass is 79.9. The zero-order valence-electron chi connectivity index (χ0n) is 12.2. The van der Waals surface area contributed by atoms with Crippen LogP contribution in [0.3, 0.4) is 0 Å². The molecule has 0 aromatic carbocycles. The molecule has 6 nitrogen and oxygen atoms in total. The van der Waals surface area contributed by atoms with Gasteiger partial charge in [0.1, 0.15) is 11.1 Å². The number of halogens is 1. The van der Waals surface area contributed by atoms with Gasteiger partial charge in [-0.2, -0.15) is 5.10 Å². The maximum absolute atomic E-state index is 11.9. The molecule has 1 aliphatic rings. The predicted molar refractivity (Wildman–Crippen MR) is 82.1 cm³/mol. The molecule has 3 heterocycles. The lowest BCUT2D eigenvalue weighted by Crippen LogP contribution is -2.52. The third-order valence-corrected chi connectivity index (χ3v) is 3.82. The Bertz CT molecular complexity index is 686. The number of carbonyl (C=O) groups is 1. The Morgan fingerprint density at radius 2 is 2.14 bits per heavy atom. The first-order chi connectivity index (χ1) is 9.85. The highest BCUT2D eigenvalue weighted by Gasteiger charge is 2.36. The van der Waals surface area contributed by atoms with Crippen molar-refractivity contribution in [2.75, 3.05) is 13.1 Å². The van der Waals surface area contributed by atoms with Gasteiger partial charge in [0.15, 0.2) is 4.60 Å². The van der Waals surface area contributed by atoms with E-state index in [0.29, 0.717) is 13.1 Å². The topological polar surface area (TPSA) is 60.2 Å². The van der Waals surface area contributed by atoms with Crippen LogP contribution in [0.15, 0.2) is 22.9 Å². The van der Waals surface area contributed by atoms with Crippen LogP contribution in [-0.4, -0.2) is 44.4 Å². The van der Waals surface area contributed by atoms with Crippen LogP contribution in [0.25, 0.3) is 11.0 Å². The van der Waals surface area contributed by atoms with E-state index >= 15 is 0 Å². The second-order valence-corrected chi connectivity index (χ2v) is 6.90. The fourth-order valence-electron chi connectivity index (χ4n) is 2.30. The number of hydrogen-bond acceptors (Lipinski definition) is 4. The highest BCUT2D eigenvalue weighted by molar-refractivity contribution is 9.10. The third kappa shape index (κ3) is 2.74. The summed E-state index contributed by atoms with van der Waals surface area (Å²) >= 11 is 3.42. The van der Waals surface area contributed by atoms with Crippen LogP contribution >= 0.6 is 15.9 Å². The first-order valence-electron chi connectivity index (χ1n) is 6.82. The standard InChI is InChI=1S/C14H17BrN4O2/c1-14(2,3)21-13(20)18-7-9(8-18)19-10-5-4-6-16-11(10)12(15)17-19/h4-6,9H,7-8H2,1-3H3. The largest absolute Gasteiger partial charge is 0.444 e. The molecule has 0 saturated carbocycles. The average molecular weight is 353 g/mol. The minimum absolute atomic E-state index is 0.163. The van der Waals surface area contributed by atoms with E-state index < -0.39 is 5.60 Å². The van der Waals surface area contributed by atoms with Gasteiger partial charge in [0.2, 0.25) is 0 Å². The van der Waals surface area contributed by atoms with Crippen molar-refractivity contribution in [2.45, 2.75) is 32.4 Å². The van der Waals surface area contributed by atoms with E-state index in [9.17, 15) is 4.79 Å². The Morgan fingerprint density at radius 3 is 2.81 bits per heavy atom. The molecule has 1 amide bonds. The molecule has 3 rings (SSSR count). The van der Waals surface area contributed by atoms with Gasteiger partial charge in [-0.05, 0) is 48.8 Å². The van der Waals surface area contributed by atoms with Crippen LogP contribution in [0.4, 0.5) is 4.79 Å². The van der Waals surface area contributed by atoms with E-state index in [1.165, 1.54) is 0 Å². The minimum Gasteiger partial charge on any atom is -0.444 e. The van der Waals surface area contributed by atoms with E-state index in [4.69, 9.17) is 4.74 Å². The second kappa shape index (κ2) is 4.98. The van der Waals surface area contributed by atoms with E-state index in [1.54, 1.807) is 11.1 Å². The van der Waals surface area contributed by atoms with Crippen LogP contribution in [0.2, 0.25) is 0 Å². The van der Waals surface area contributed by atoms with Crippen molar-refractivity contribution < 1.29 is 9.53 Å². The molecule has 1 fully saturated rings. The molecule has 0 aliphatic carbocycles. The van der Waals surface area contributed by atoms with E-state index in [0.717, 1.165) is 15.6 Å². The van der Waals surface area contributed by atoms with Gasteiger partial charge in [-0.1, -0.05) is 0 Å². The van der Waals surface area contributed by atoms with Gasteiger partial charge in [0.25, 0.3) is 0 Å². The van der Waals surface area contributed by atoms with Gasteiger partial charge in [-0.15, -0.1) is 0 Å². The van der Waals surface area contributed by atoms with Crippen molar-refractivity contribution in [2.24, 2.45) is 0 Å². The fraction of sp³-hybridized carbons (Fsp3) is 0.500. The summed E-state index contributed by atoms with van der Waals surface area (Å²) in [6.07, 6.45) is 1.47. The number of hydrogen-bond donors (Lipinski definition) is 0. The van der Waals surface area contributed by atoms with Crippen molar-refractivity contribution in [1.82, 2.24) is 19.7 Å². The number of amides is 1. The van der Waals surface area contributed by atoms with Crippen LogP contribution in [0.1, 0.15) is 26.8 Å². The number of nitrogens with zero attached hydrogens (tertiary/aromatic N) is 4. The number of carbonyl (C=O) groups excluding carboxylic acids is 1. The normalized spacial score (nSPS) is 16.1. The average Bonchev–Trinajstić information content (AvgIpc) is 2.64. The van der Waals surface area contributed by atoms with E-state index in [1.807, 2.05) is 37.6 Å². The Kier molecular flexibility index (Phi) is 3.39. The molecule has 112 valence electrons. The summed E-state index contributed by atoms with van der Waals surface area (Å²) in [4.78, 5) is 17.9. The van der Waals surface area contributed by atoms with Crippen LogP contribution in [-0.2, 0) is 4.74 Å². The summed E-state index contributed by atoms with van der Waals surface area (Å²) in [5.74, 6) is 0. The van der Waals surface area contributed by atoms with Crippen LogP contribution in [0.5, 0.6) is 0 Å². The SMILES string of the molecule is CC(C)(C)OC(=O)N1CC(n2nc(Br)c3ncccc32)C1. The van der Waals surface area contributed by atoms with Gasteiger partial charge in [-0.3, -0.25) is 9.67 Å². The fourth-order valence-corrected chi connectivity index (χ4v) is 2.78. The molecule has 21 heavy (non-hydrogen) atoms. The Balaban J connectivity index is 1.72. The molecule has 0 radical (unpaired) electrons. The zero-order chi connectivity index (χ0) is 15.2. The Hall–Kier alpha value is -1.63. The maximum Gasteiger partial charge on any atom is 0.410 e. The van der Waals surface area contributed by atoms with Gasteiger partial charge < -0.3 is 9.64 Å². The van der Waals surface area contributed by atoms with Crippen molar-refractivity contribution in [1.29, 1.82) is 0 Å². The number of rotatable bonds is 1. The molecule has 0 N–H and O–H groups in total. The summed E-state index contributed by atoms with van der Waals surface area (Å²) in [7, 11) is 0. The number of pyridine rings is 1. The smallest absolute Gasteiger partial charge is 0.410 e. The second-order valence-electron chi connectivity index (χ2n) is 6.15. The summed E-state index contributed by atoms with van der Waals surface area (Å²) in [6, 6.07) is 4.03. The van der Waals surface area contributed by atoms with Gasteiger partial charge in [0.05, 0.1) is 11.6 Å². The monoisotopic (exact) mass is 352 g/mol. The quantitative estimate of drug-likeness (QED) is 0.791. The Labute approximate surface area is 131 Å². The molecule has 0 spiro atoms. The molecule has 0 atom stereocenters. The molecule has 7 heteroatoms. The van der Waals surface area contributed by atoms with Crippen LogP contribution < -0.4 is 0 Å².